The molecule has 1 unspecified atom stereocenters. The quantitative estimate of drug-likeness (QED) is 0.108. The van der Waals surface area contributed by atoms with Gasteiger partial charge in [0.2, 0.25) is 22.8 Å². The Hall–Kier alpha value is -9.64. The van der Waals surface area contributed by atoms with Gasteiger partial charge in [-0.2, -0.15) is 0 Å². The fraction of sp³-hybridized carbons (Fsp3) is 0.227. The minimum Gasteiger partial charge on any atom is -0.201 e. The molecule has 0 fully saturated rings. The molecule has 0 bridgehead atoms. The summed E-state index contributed by atoms with van der Waals surface area (Å²) in [5.74, 6) is -2.87. The average molecular weight is 1220 g/mol. The van der Waals surface area contributed by atoms with Crippen molar-refractivity contribution in [2.45, 2.75) is 102 Å². The fourth-order valence-electron chi connectivity index (χ4n) is 11.4. The number of hydrogen-bond acceptors (Lipinski definition) is 0. The highest BCUT2D eigenvalue weighted by Gasteiger charge is 2.19. The van der Waals surface area contributed by atoms with Crippen LogP contribution >= 0.6 is 0 Å². The van der Waals surface area contributed by atoms with E-state index in [9.17, 15) is 0 Å². The number of benzene rings is 8. The number of aryl methyl sites for hydroxylation is 12. The SMILES string of the molecule is [2H]C(C)(C)c1cccc(-c2cc[n+](C)c(-c3ccccc3C)c2)c1.[2H]C([2H])(C)c1cc(-c2cc[n+](C)c(-c3ccccc3C)c2)ccc1C.[2H]C([2H])([2H])C([2H])(C)C([2H])([2H])c1cccc(-c2cc[n+](C)c(-c3ccccc3C)c2)c1.[2H]C([2H])([2H])c1cc(-c2cc[n+](C)c(-c3ccccc3C)c2)ccc1C. The van der Waals surface area contributed by atoms with Crippen molar-refractivity contribution in [2.75, 3.05) is 0 Å². The maximum Gasteiger partial charge on any atom is 0.213 e. The van der Waals surface area contributed by atoms with Crippen molar-refractivity contribution in [1.82, 2.24) is 0 Å². The molecule has 0 aliphatic rings. The van der Waals surface area contributed by atoms with Gasteiger partial charge < -0.3 is 0 Å². The Bertz CT molecular complexity index is 4900. The second-order valence-electron chi connectivity index (χ2n) is 24.1. The molecule has 464 valence electrons. The van der Waals surface area contributed by atoms with Crippen molar-refractivity contribution in [3.63, 3.8) is 0 Å². The van der Waals surface area contributed by atoms with E-state index in [-0.39, 0.29) is 5.56 Å². The third-order valence-electron chi connectivity index (χ3n) is 17.0. The van der Waals surface area contributed by atoms with Crippen LogP contribution in [0.15, 0.2) is 255 Å². The molecule has 12 aromatic rings. The molecule has 1 atom stereocenters. The van der Waals surface area contributed by atoms with Crippen molar-refractivity contribution in [2.24, 2.45) is 34.1 Å². The normalized spacial score (nSPS) is 14.2. The molecule has 0 saturated carbocycles. The fourth-order valence-corrected chi connectivity index (χ4v) is 11.4. The van der Waals surface area contributed by atoms with E-state index >= 15 is 0 Å². The molecule has 0 spiro atoms. The van der Waals surface area contributed by atoms with Gasteiger partial charge in [0.1, 0.15) is 28.2 Å². The molecule has 4 nitrogen and oxygen atoms in total. The zero-order valence-corrected chi connectivity index (χ0v) is 56.0. The predicted molar refractivity (Wildman–Crippen MR) is 389 cm³/mol. The van der Waals surface area contributed by atoms with Gasteiger partial charge in [-0.3, -0.25) is 0 Å². The molecule has 4 heterocycles. The summed E-state index contributed by atoms with van der Waals surface area (Å²) in [5.41, 5.74) is 26.3. The minimum absolute atomic E-state index is 0.180. The van der Waals surface area contributed by atoms with Crippen LogP contribution in [0.25, 0.3) is 89.5 Å². The van der Waals surface area contributed by atoms with Gasteiger partial charge in [-0.1, -0.05) is 192 Å². The largest absolute Gasteiger partial charge is 0.213 e. The van der Waals surface area contributed by atoms with Gasteiger partial charge in [0.05, 0.1) is 0 Å². The number of aromatic nitrogens is 4. The lowest BCUT2D eigenvalue weighted by atomic mass is 9.96. The number of nitrogens with zero attached hydrogens (tertiary/aromatic N) is 4. The summed E-state index contributed by atoms with van der Waals surface area (Å²) in [7, 11) is 8.13. The molecule has 12 rings (SSSR count). The lowest BCUT2D eigenvalue weighted by Crippen LogP contribution is -2.30. The van der Waals surface area contributed by atoms with Crippen LogP contribution in [0.5, 0.6) is 0 Å². The Kier molecular flexibility index (Phi) is 17.5. The Balaban J connectivity index is 0.000000161. The maximum atomic E-state index is 8.44. The van der Waals surface area contributed by atoms with Crippen molar-refractivity contribution in [3.05, 3.63) is 311 Å². The number of pyridine rings is 4. The molecule has 0 radical (unpaired) electrons. The molecule has 4 aromatic heterocycles. The highest BCUT2D eigenvalue weighted by molar-refractivity contribution is 5.74. The Labute approximate surface area is 568 Å². The van der Waals surface area contributed by atoms with E-state index in [2.05, 4.69) is 189 Å². The van der Waals surface area contributed by atoms with Gasteiger partial charge in [-0.05, 0) is 197 Å². The minimum atomic E-state index is -2.76. The standard InChI is InChI=1S/C23H26N.2C22H24N.C21H22N/c1-17(2)14-19-9-7-10-20(15-19)21-12-13-24(4)23(16-21)22-11-6-5-8-18(22)3;1-16(2)18-9-7-10-19(14-18)20-12-13-23(4)22(15-20)21-11-6-5-8-17(21)3;1-5-18-14-19(11-10-16(18)2)20-12-13-23(4)22(15-20)21-9-7-6-8-17(21)3;1-15-9-10-18(13-17(15)3)19-11-12-22(4)21(14-19)20-8-6-5-7-16(20)2/h5-13,15-17H,14H2,1-4H3;5-16H,1-4H3;6-15H,5H2,1-4H3;5-14H,1-4H3/q4*+1/i1D3,14D2,17D;16D;5D2;3D3. The summed E-state index contributed by atoms with van der Waals surface area (Å²) >= 11 is 0. The zero-order chi connectivity index (χ0) is 76.0. The molecule has 0 saturated heterocycles. The molecule has 92 heavy (non-hydrogen) atoms. The Morgan fingerprint density at radius 3 is 1.09 bits per heavy atom. The molecule has 0 N–H and O–H groups in total. The molecular formula is C88H96N4+4. The van der Waals surface area contributed by atoms with E-state index in [1.807, 2.05) is 144 Å². The summed E-state index contributed by atoms with van der Waals surface area (Å²) in [5, 5.41) is 0. The zero-order valence-electron chi connectivity index (χ0n) is 68.0. The monoisotopic (exact) mass is 1220 g/mol. The van der Waals surface area contributed by atoms with Crippen molar-refractivity contribution in [1.29, 1.82) is 0 Å². The first-order valence-electron chi connectivity index (χ1n) is 37.4. The van der Waals surface area contributed by atoms with Gasteiger partial charge in [-0.15, -0.1) is 0 Å². The molecule has 4 heteroatoms. The first-order chi connectivity index (χ1) is 48.8. The van der Waals surface area contributed by atoms with Crippen molar-refractivity contribution in [3.8, 4) is 89.5 Å². The van der Waals surface area contributed by atoms with Gasteiger partial charge >= 0.3 is 0 Å². The van der Waals surface area contributed by atoms with Crippen LogP contribution in [0.2, 0.25) is 0 Å². The van der Waals surface area contributed by atoms with Crippen LogP contribution in [-0.2, 0) is 40.9 Å². The predicted octanol–water partition coefficient (Wildman–Crippen LogP) is 20.4. The van der Waals surface area contributed by atoms with Gasteiger partial charge in [0.25, 0.3) is 0 Å². The topological polar surface area (TPSA) is 15.5 Å². The molecule has 0 aliphatic carbocycles. The highest BCUT2D eigenvalue weighted by atomic mass is 14.9. The number of hydrogen-bond donors (Lipinski definition) is 0. The summed E-state index contributed by atoms with van der Waals surface area (Å²) < 4.78 is 104. The van der Waals surface area contributed by atoms with Crippen LogP contribution in [0.3, 0.4) is 0 Å². The van der Waals surface area contributed by atoms with Gasteiger partial charge in [-0.25, -0.2) is 18.3 Å². The second-order valence-corrected chi connectivity index (χ2v) is 24.1. The van der Waals surface area contributed by atoms with E-state index in [0.29, 0.717) is 5.56 Å². The first kappa shape index (κ1) is 52.0. The van der Waals surface area contributed by atoms with Crippen LogP contribution in [0.4, 0.5) is 0 Å². The summed E-state index contributed by atoms with van der Waals surface area (Å²) in [6.07, 6.45) is 4.44. The second kappa shape index (κ2) is 30.9. The van der Waals surface area contributed by atoms with Crippen molar-refractivity contribution >= 4 is 0 Å². The first-order valence-corrected chi connectivity index (χ1v) is 31.4. The summed E-state index contributed by atoms with van der Waals surface area (Å²) in [4.78, 5) is 0. The smallest absolute Gasteiger partial charge is 0.201 e. The van der Waals surface area contributed by atoms with Crippen LogP contribution in [-0.4, -0.2) is 0 Å². The van der Waals surface area contributed by atoms with E-state index in [1.54, 1.807) is 31.2 Å². The van der Waals surface area contributed by atoms with E-state index in [0.717, 1.165) is 96.3 Å². The lowest BCUT2D eigenvalue weighted by Gasteiger charge is -2.10. The van der Waals surface area contributed by atoms with Gasteiger partial charge in [0.15, 0.2) is 24.8 Å². The molecule has 8 aromatic carbocycles. The summed E-state index contributed by atoms with van der Waals surface area (Å²) in [6.45, 7) is 14.0. The Morgan fingerprint density at radius 1 is 0.348 bits per heavy atom. The molecule has 0 amide bonds. The average Bonchev–Trinajstić information content (AvgIpc) is 0.749. The Morgan fingerprint density at radius 2 is 0.707 bits per heavy atom. The third-order valence-corrected chi connectivity index (χ3v) is 17.0. The van der Waals surface area contributed by atoms with Crippen molar-refractivity contribution < 1.29 is 34.7 Å². The summed E-state index contributed by atoms with van der Waals surface area (Å²) in [6, 6.07) is 76.8. The van der Waals surface area contributed by atoms with Gasteiger partial charge in [0, 0.05) is 87.2 Å². The molecular weight excluding hydrogens is 1110 g/mol. The number of rotatable bonds is 12. The van der Waals surface area contributed by atoms with Crippen LogP contribution < -0.4 is 18.3 Å². The lowest BCUT2D eigenvalue weighted by molar-refractivity contribution is -0.660. The third kappa shape index (κ3) is 16.6. The van der Waals surface area contributed by atoms with Crippen LogP contribution in [0.1, 0.15) is 113 Å². The van der Waals surface area contributed by atoms with E-state index in [1.165, 1.54) is 44.6 Å². The maximum absolute atomic E-state index is 8.44. The molecule has 0 aliphatic heterocycles. The van der Waals surface area contributed by atoms with Crippen LogP contribution in [0, 0.1) is 54.3 Å². The van der Waals surface area contributed by atoms with E-state index in [4.69, 9.17) is 16.4 Å². The van der Waals surface area contributed by atoms with E-state index < -0.39 is 38.2 Å². The highest BCUT2D eigenvalue weighted by Crippen LogP contribution is 2.32.